The van der Waals surface area contributed by atoms with Crippen LogP contribution in [0.15, 0.2) is 0 Å². The number of hydrogen-bond donors (Lipinski definition) is 0. The van der Waals surface area contributed by atoms with Crippen molar-refractivity contribution in [1.29, 1.82) is 0 Å². The fraction of sp³-hybridized carbons (Fsp3) is 1.00. The van der Waals surface area contributed by atoms with Gasteiger partial charge in [0.1, 0.15) is 0 Å². The summed E-state index contributed by atoms with van der Waals surface area (Å²) in [5.41, 5.74) is 0. The zero-order valence-corrected chi connectivity index (χ0v) is 10.1. The summed E-state index contributed by atoms with van der Waals surface area (Å²) >= 11 is 5.71. The maximum Gasteiger partial charge on any atom is 0.0589 e. The zero-order chi connectivity index (χ0) is 10.6. The van der Waals surface area contributed by atoms with E-state index in [1.165, 1.54) is 0 Å². The maximum atomic E-state index is 5.71. The molecule has 0 atom stereocenters. The maximum absolute atomic E-state index is 5.71. The molecule has 0 amide bonds. The predicted molar refractivity (Wildman–Crippen MR) is 60.1 cm³/mol. The molecule has 0 heterocycles. The number of alkyl halides is 1. The molecule has 0 aromatic rings. The Morgan fingerprint density at radius 2 is 1.64 bits per heavy atom. The van der Waals surface area contributed by atoms with E-state index in [1.54, 1.807) is 14.2 Å². The standard InChI is InChI=1S/C10H22ClNO2/c1-13-9-4-3-6-12(7-5-11)8-10-14-2/h3-10H2,1-2H3. The van der Waals surface area contributed by atoms with E-state index >= 15 is 0 Å². The zero-order valence-electron chi connectivity index (χ0n) is 9.30. The number of unbranched alkanes of at least 4 members (excludes halogenated alkanes) is 1. The molecule has 0 radical (unpaired) electrons. The number of hydrogen-bond acceptors (Lipinski definition) is 3. The second kappa shape index (κ2) is 11.2. The lowest BCUT2D eigenvalue weighted by atomic mass is 10.3. The number of rotatable bonds is 10. The first-order valence-electron chi connectivity index (χ1n) is 5.11. The summed E-state index contributed by atoms with van der Waals surface area (Å²) in [6.07, 6.45) is 2.27. The van der Waals surface area contributed by atoms with Crippen LogP contribution in [0.2, 0.25) is 0 Å². The minimum Gasteiger partial charge on any atom is -0.385 e. The Morgan fingerprint density at radius 1 is 0.929 bits per heavy atom. The van der Waals surface area contributed by atoms with Crippen LogP contribution in [0.5, 0.6) is 0 Å². The van der Waals surface area contributed by atoms with E-state index in [4.69, 9.17) is 21.1 Å². The second-order valence-electron chi connectivity index (χ2n) is 3.22. The Hall–Kier alpha value is 0.170. The smallest absolute Gasteiger partial charge is 0.0589 e. The lowest BCUT2D eigenvalue weighted by molar-refractivity contribution is 0.145. The number of ether oxygens (including phenoxy) is 2. The molecule has 0 bridgehead atoms. The molecule has 0 aliphatic heterocycles. The average molecular weight is 224 g/mol. The van der Waals surface area contributed by atoms with Crippen molar-refractivity contribution in [2.45, 2.75) is 12.8 Å². The van der Waals surface area contributed by atoms with Gasteiger partial charge in [0.15, 0.2) is 0 Å². The molecule has 0 aliphatic carbocycles. The van der Waals surface area contributed by atoms with Crippen molar-refractivity contribution in [1.82, 2.24) is 4.90 Å². The summed E-state index contributed by atoms with van der Waals surface area (Å²) in [4.78, 5) is 2.33. The molecule has 0 aliphatic rings. The van der Waals surface area contributed by atoms with E-state index in [0.29, 0.717) is 5.88 Å². The highest BCUT2D eigenvalue weighted by molar-refractivity contribution is 6.18. The molecule has 3 nitrogen and oxygen atoms in total. The van der Waals surface area contributed by atoms with Crippen molar-refractivity contribution in [3.8, 4) is 0 Å². The van der Waals surface area contributed by atoms with Gasteiger partial charge in [-0.1, -0.05) is 0 Å². The summed E-state index contributed by atoms with van der Waals surface area (Å²) in [5.74, 6) is 0.688. The summed E-state index contributed by atoms with van der Waals surface area (Å²) in [5, 5.41) is 0. The first-order valence-corrected chi connectivity index (χ1v) is 5.64. The van der Waals surface area contributed by atoms with Crippen molar-refractivity contribution >= 4 is 11.6 Å². The summed E-state index contributed by atoms with van der Waals surface area (Å²) in [7, 11) is 3.46. The van der Waals surface area contributed by atoms with E-state index in [2.05, 4.69) is 4.90 Å². The van der Waals surface area contributed by atoms with Crippen LogP contribution in [0.4, 0.5) is 0 Å². The molecule has 86 valence electrons. The quantitative estimate of drug-likeness (QED) is 0.415. The Balaban J connectivity index is 3.40. The van der Waals surface area contributed by atoms with Crippen LogP contribution in [0.25, 0.3) is 0 Å². The molecule has 0 aromatic heterocycles. The van der Waals surface area contributed by atoms with Gasteiger partial charge in [-0.3, -0.25) is 4.90 Å². The van der Waals surface area contributed by atoms with Crippen molar-refractivity contribution in [3.05, 3.63) is 0 Å². The highest BCUT2D eigenvalue weighted by Crippen LogP contribution is 1.96. The molecular weight excluding hydrogens is 202 g/mol. The van der Waals surface area contributed by atoms with Crippen LogP contribution < -0.4 is 0 Å². The Kier molecular flexibility index (Phi) is 11.4. The van der Waals surface area contributed by atoms with Crippen LogP contribution in [-0.4, -0.2) is 57.8 Å². The highest BCUT2D eigenvalue weighted by atomic mass is 35.5. The Labute approximate surface area is 92.3 Å². The van der Waals surface area contributed by atoms with E-state index in [0.717, 1.165) is 45.7 Å². The average Bonchev–Trinajstić information content (AvgIpc) is 2.20. The minimum atomic E-state index is 0.688. The van der Waals surface area contributed by atoms with E-state index in [-0.39, 0.29) is 0 Å². The molecule has 0 unspecified atom stereocenters. The van der Waals surface area contributed by atoms with Gasteiger partial charge in [0, 0.05) is 39.8 Å². The summed E-state index contributed by atoms with van der Waals surface area (Å²) in [6, 6.07) is 0. The first-order chi connectivity index (χ1) is 6.85. The van der Waals surface area contributed by atoms with Gasteiger partial charge >= 0.3 is 0 Å². The van der Waals surface area contributed by atoms with Crippen molar-refractivity contribution in [3.63, 3.8) is 0 Å². The fourth-order valence-corrected chi connectivity index (χ4v) is 1.50. The molecular formula is C10H22ClNO2. The minimum absolute atomic E-state index is 0.688. The van der Waals surface area contributed by atoms with Crippen molar-refractivity contribution < 1.29 is 9.47 Å². The number of nitrogens with zero attached hydrogens (tertiary/aromatic N) is 1. The Bertz CT molecular complexity index is 114. The van der Waals surface area contributed by atoms with Crippen molar-refractivity contribution in [2.75, 3.05) is 52.9 Å². The molecule has 0 N–H and O–H groups in total. The third-order valence-electron chi connectivity index (χ3n) is 2.09. The second-order valence-corrected chi connectivity index (χ2v) is 3.60. The van der Waals surface area contributed by atoms with E-state index in [9.17, 15) is 0 Å². The molecule has 0 fully saturated rings. The largest absolute Gasteiger partial charge is 0.385 e. The molecule has 0 saturated carbocycles. The highest BCUT2D eigenvalue weighted by Gasteiger charge is 2.02. The van der Waals surface area contributed by atoms with Crippen molar-refractivity contribution in [2.24, 2.45) is 0 Å². The van der Waals surface area contributed by atoms with Crippen LogP contribution >= 0.6 is 11.6 Å². The SMILES string of the molecule is COCCCCN(CCCl)CCOC. The summed E-state index contributed by atoms with van der Waals surface area (Å²) in [6.45, 7) is 4.62. The Morgan fingerprint density at radius 3 is 2.21 bits per heavy atom. The molecule has 0 spiro atoms. The fourth-order valence-electron chi connectivity index (χ4n) is 1.26. The normalized spacial score (nSPS) is 11.1. The lowest BCUT2D eigenvalue weighted by Crippen LogP contribution is -2.30. The summed E-state index contributed by atoms with van der Waals surface area (Å²) < 4.78 is 10.0. The molecule has 0 rings (SSSR count). The lowest BCUT2D eigenvalue weighted by Gasteiger charge is -2.20. The number of halogens is 1. The topological polar surface area (TPSA) is 21.7 Å². The third kappa shape index (κ3) is 8.75. The van der Waals surface area contributed by atoms with Crippen LogP contribution in [0.1, 0.15) is 12.8 Å². The number of methoxy groups -OCH3 is 2. The van der Waals surface area contributed by atoms with Crippen LogP contribution in [0.3, 0.4) is 0 Å². The van der Waals surface area contributed by atoms with Gasteiger partial charge in [-0.05, 0) is 19.4 Å². The van der Waals surface area contributed by atoms with Gasteiger partial charge in [0.2, 0.25) is 0 Å². The van der Waals surface area contributed by atoms with Crippen LogP contribution in [-0.2, 0) is 9.47 Å². The van der Waals surface area contributed by atoms with Gasteiger partial charge in [-0.25, -0.2) is 0 Å². The van der Waals surface area contributed by atoms with Crippen LogP contribution in [0, 0.1) is 0 Å². The third-order valence-corrected chi connectivity index (χ3v) is 2.25. The van der Waals surface area contributed by atoms with Gasteiger partial charge < -0.3 is 9.47 Å². The first kappa shape index (κ1) is 14.2. The molecule has 0 aromatic carbocycles. The predicted octanol–water partition coefficient (Wildman–Crippen LogP) is 1.60. The molecule has 4 heteroatoms. The van der Waals surface area contributed by atoms with Gasteiger partial charge in [0.25, 0.3) is 0 Å². The van der Waals surface area contributed by atoms with Gasteiger partial charge in [0.05, 0.1) is 6.61 Å². The molecule has 0 saturated heterocycles. The van der Waals surface area contributed by atoms with E-state index < -0.39 is 0 Å². The van der Waals surface area contributed by atoms with E-state index in [1.807, 2.05) is 0 Å². The molecule has 14 heavy (non-hydrogen) atoms. The van der Waals surface area contributed by atoms with Gasteiger partial charge in [-0.15, -0.1) is 11.6 Å². The monoisotopic (exact) mass is 223 g/mol. The van der Waals surface area contributed by atoms with Gasteiger partial charge in [-0.2, -0.15) is 0 Å².